The number of fused-ring (bicyclic) bond motifs is 1. The second-order valence-electron chi connectivity index (χ2n) is 5.23. The van der Waals surface area contributed by atoms with Gasteiger partial charge in [-0.05, 0) is 37.8 Å². The van der Waals surface area contributed by atoms with Crippen molar-refractivity contribution in [1.82, 2.24) is 5.32 Å². The van der Waals surface area contributed by atoms with Gasteiger partial charge in [-0.15, -0.1) is 0 Å². The number of aryl methyl sites for hydroxylation is 1. The lowest BCUT2D eigenvalue weighted by Gasteiger charge is -2.23. The van der Waals surface area contributed by atoms with E-state index in [4.69, 9.17) is 4.74 Å². The van der Waals surface area contributed by atoms with Crippen LogP contribution >= 0.6 is 0 Å². The van der Waals surface area contributed by atoms with Crippen molar-refractivity contribution >= 4 is 11.6 Å². The molecule has 1 aromatic rings. The fourth-order valence-electron chi connectivity index (χ4n) is 2.35. The van der Waals surface area contributed by atoms with Crippen LogP contribution in [0.15, 0.2) is 18.2 Å². The lowest BCUT2D eigenvalue weighted by atomic mass is 10.0. The van der Waals surface area contributed by atoms with Crippen molar-refractivity contribution < 1.29 is 9.53 Å². The maximum atomic E-state index is 11.9. The van der Waals surface area contributed by atoms with E-state index >= 15 is 0 Å². The molecule has 1 aromatic carbocycles. The molecule has 1 aliphatic heterocycles. The summed E-state index contributed by atoms with van der Waals surface area (Å²) in [5.41, 5.74) is 2.32. The van der Waals surface area contributed by atoms with Crippen molar-refractivity contribution in [2.75, 3.05) is 18.4 Å². The van der Waals surface area contributed by atoms with E-state index in [1.54, 1.807) is 6.92 Å². The van der Waals surface area contributed by atoms with Gasteiger partial charge in [0.05, 0.1) is 5.69 Å². The summed E-state index contributed by atoms with van der Waals surface area (Å²) < 4.78 is 5.83. The molecule has 0 bridgehead atoms. The molecule has 0 radical (unpaired) electrons. The Morgan fingerprint density at radius 3 is 3.15 bits per heavy atom. The predicted molar refractivity (Wildman–Crippen MR) is 81.3 cm³/mol. The number of anilines is 1. The molecule has 1 atom stereocenters. The Morgan fingerprint density at radius 1 is 1.50 bits per heavy atom. The molecular formula is C16H24N2O2. The zero-order valence-electron chi connectivity index (χ0n) is 12.4. The summed E-state index contributed by atoms with van der Waals surface area (Å²) in [6.07, 6.45) is 3.81. The van der Waals surface area contributed by atoms with Gasteiger partial charge in [-0.3, -0.25) is 4.79 Å². The Morgan fingerprint density at radius 2 is 2.35 bits per heavy atom. The summed E-state index contributed by atoms with van der Waals surface area (Å²) in [4.78, 5) is 11.9. The van der Waals surface area contributed by atoms with E-state index in [2.05, 4.69) is 23.6 Å². The van der Waals surface area contributed by atoms with Gasteiger partial charge in [-0.1, -0.05) is 25.5 Å². The number of carbonyl (C=O) groups excluding carboxylic acids is 1. The first-order chi connectivity index (χ1) is 9.72. The van der Waals surface area contributed by atoms with Gasteiger partial charge in [-0.2, -0.15) is 0 Å². The van der Waals surface area contributed by atoms with Crippen LogP contribution in [0.4, 0.5) is 5.69 Å². The Hall–Kier alpha value is -1.71. The van der Waals surface area contributed by atoms with Gasteiger partial charge in [0.2, 0.25) is 0 Å². The van der Waals surface area contributed by atoms with Gasteiger partial charge < -0.3 is 15.4 Å². The van der Waals surface area contributed by atoms with E-state index in [0.29, 0.717) is 6.54 Å². The molecule has 0 aromatic heterocycles. The first kappa shape index (κ1) is 14.7. The zero-order valence-corrected chi connectivity index (χ0v) is 12.4. The van der Waals surface area contributed by atoms with E-state index in [1.165, 1.54) is 5.56 Å². The fourth-order valence-corrected chi connectivity index (χ4v) is 2.35. The number of amides is 1. The SMILES string of the molecule is CCCCNC(=O)C(C)Oc1cccc2c1NCCC2. The molecule has 20 heavy (non-hydrogen) atoms. The molecule has 0 saturated heterocycles. The standard InChI is InChI=1S/C16H24N2O2/c1-3-4-10-18-16(19)12(2)20-14-9-5-7-13-8-6-11-17-15(13)14/h5,7,9,12,17H,3-4,6,8,10-11H2,1-2H3,(H,18,19). The summed E-state index contributed by atoms with van der Waals surface area (Å²) in [5, 5.41) is 6.27. The van der Waals surface area contributed by atoms with E-state index in [-0.39, 0.29) is 5.91 Å². The van der Waals surface area contributed by atoms with Crippen LogP contribution in [0.5, 0.6) is 5.75 Å². The second-order valence-corrected chi connectivity index (χ2v) is 5.23. The van der Waals surface area contributed by atoms with Crippen LogP contribution in [0, 0.1) is 0 Å². The van der Waals surface area contributed by atoms with Crippen LogP contribution in [0.2, 0.25) is 0 Å². The topological polar surface area (TPSA) is 50.4 Å². The first-order valence-electron chi connectivity index (χ1n) is 7.52. The van der Waals surface area contributed by atoms with Gasteiger partial charge in [0, 0.05) is 13.1 Å². The lowest BCUT2D eigenvalue weighted by Crippen LogP contribution is -2.37. The van der Waals surface area contributed by atoms with Crippen molar-refractivity contribution in [3.8, 4) is 5.75 Å². The third-order valence-corrected chi connectivity index (χ3v) is 3.54. The molecule has 2 N–H and O–H groups in total. The summed E-state index contributed by atoms with van der Waals surface area (Å²) in [6, 6.07) is 6.02. The van der Waals surface area contributed by atoms with Crippen molar-refractivity contribution in [2.45, 2.75) is 45.6 Å². The van der Waals surface area contributed by atoms with E-state index in [1.807, 2.05) is 12.1 Å². The van der Waals surface area contributed by atoms with Crippen LogP contribution < -0.4 is 15.4 Å². The molecule has 110 valence electrons. The van der Waals surface area contributed by atoms with Gasteiger partial charge in [-0.25, -0.2) is 0 Å². The minimum atomic E-state index is -0.470. The maximum Gasteiger partial charge on any atom is 0.260 e. The Balaban J connectivity index is 1.97. The summed E-state index contributed by atoms with van der Waals surface area (Å²) in [5.74, 6) is 0.729. The fraction of sp³-hybridized carbons (Fsp3) is 0.562. The predicted octanol–water partition coefficient (Wildman–Crippen LogP) is 2.73. The van der Waals surface area contributed by atoms with Crippen LogP contribution in [0.1, 0.15) is 38.7 Å². The molecule has 0 fully saturated rings. The number of carbonyl (C=O) groups is 1. The molecular weight excluding hydrogens is 252 g/mol. The molecule has 0 spiro atoms. The molecule has 4 nitrogen and oxygen atoms in total. The van der Waals surface area contributed by atoms with Crippen molar-refractivity contribution in [3.63, 3.8) is 0 Å². The monoisotopic (exact) mass is 276 g/mol. The maximum absolute atomic E-state index is 11.9. The molecule has 1 amide bonds. The second kappa shape index (κ2) is 7.17. The zero-order chi connectivity index (χ0) is 14.4. The number of ether oxygens (including phenoxy) is 1. The third kappa shape index (κ3) is 3.65. The molecule has 1 heterocycles. The van der Waals surface area contributed by atoms with Crippen molar-refractivity contribution in [2.24, 2.45) is 0 Å². The Labute approximate surface area is 120 Å². The highest BCUT2D eigenvalue weighted by Crippen LogP contribution is 2.32. The van der Waals surface area contributed by atoms with Crippen molar-refractivity contribution in [1.29, 1.82) is 0 Å². The Kier molecular flexibility index (Phi) is 5.27. The number of para-hydroxylation sites is 1. The van der Waals surface area contributed by atoms with Gasteiger partial charge >= 0.3 is 0 Å². The molecule has 0 aliphatic carbocycles. The number of hydrogen-bond acceptors (Lipinski definition) is 3. The summed E-state index contributed by atoms with van der Waals surface area (Å²) in [6.45, 7) is 5.58. The average molecular weight is 276 g/mol. The molecule has 1 aliphatic rings. The normalized spacial score (nSPS) is 14.9. The molecule has 0 saturated carbocycles. The smallest absolute Gasteiger partial charge is 0.260 e. The average Bonchev–Trinajstić information content (AvgIpc) is 2.47. The summed E-state index contributed by atoms with van der Waals surface area (Å²) in [7, 11) is 0. The molecule has 2 rings (SSSR count). The third-order valence-electron chi connectivity index (χ3n) is 3.54. The van der Waals surface area contributed by atoms with Crippen LogP contribution in [0.3, 0.4) is 0 Å². The number of hydrogen-bond donors (Lipinski definition) is 2. The molecule has 1 unspecified atom stereocenters. The van der Waals surface area contributed by atoms with Crippen LogP contribution in [-0.2, 0) is 11.2 Å². The number of nitrogens with one attached hydrogen (secondary N) is 2. The van der Waals surface area contributed by atoms with E-state index < -0.39 is 6.10 Å². The highest BCUT2D eigenvalue weighted by atomic mass is 16.5. The van der Waals surface area contributed by atoms with Crippen molar-refractivity contribution in [3.05, 3.63) is 23.8 Å². The van der Waals surface area contributed by atoms with Crippen LogP contribution in [0.25, 0.3) is 0 Å². The lowest BCUT2D eigenvalue weighted by molar-refractivity contribution is -0.127. The highest BCUT2D eigenvalue weighted by Gasteiger charge is 2.18. The molecule has 4 heteroatoms. The minimum absolute atomic E-state index is 0.0492. The number of benzene rings is 1. The number of rotatable bonds is 6. The van der Waals surface area contributed by atoms with Crippen LogP contribution in [-0.4, -0.2) is 25.1 Å². The Bertz CT molecular complexity index is 460. The van der Waals surface area contributed by atoms with E-state index in [0.717, 1.165) is 43.7 Å². The first-order valence-corrected chi connectivity index (χ1v) is 7.52. The highest BCUT2D eigenvalue weighted by molar-refractivity contribution is 5.81. The quantitative estimate of drug-likeness (QED) is 0.785. The van der Waals surface area contributed by atoms with E-state index in [9.17, 15) is 4.79 Å². The van der Waals surface area contributed by atoms with Gasteiger partial charge in [0.1, 0.15) is 5.75 Å². The largest absolute Gasteiger partial charge is 0.479 e. The number of unbranched alkanes of at least 4 members (excludes halogenated alkanes) is 1. The summed E-state index contributed by atoms with van der Waals surface area (Å²) >= 11 is 0. The van der Waals surface area contributed by atoms with Gasteiger partial charge in [0.15, 0.2) is 6.10 Å². The minimum Gasteiger partial charge on any atom is -0.479 e. The van der Waals surface area contributed by atoms with Gasteiger partial charge in [0.25, 0.3) is 5.91 Å².